The number of rotatable bonds is 11. The number of nitrogens with zero attached hydrogens (tertiary/aromatic N) is 3. The Kier molecular flexibility index (Phi) is 9.27. The lowest BCUT2D eigenvalue weighted by Gasteiger charge is -2.32. The lowest BCUT2D eigenvalue weighted by molar-refractivity contribution is -0.118. The standard InChI is InChI=1S/C31H36N6O5S/c1-3-37(23-11-5-4-6-12-23)20-29(39)32-21-10-9-13-26(18-21)43(40,41)36-31-30(34-27-14-7-8-15-28(27)35-31)33-22-16-24(38)19-25(17-22)42-2/h7-10,13-19,23,38H,3-6,11-12,20H2,1-2H3,(H,32,39)(H,33,34)(H,35,36). The number of phenolic OH excluding ortho intramolecular Hbond substituents is 1. The highest BCUT2D eigenvalue weighted by Crippen LogP contribution is 2.31. The van der Waals surface area contributed by atoms with Crippen molar-refractivity contribution in [1.82, 2.24) is 14.9 Å². The second-order valence-corrected chi connectivity index (χ2v) is 12.2. The van der Waals surface area contributed by atoms with Crippen molar-refractivity contribution in [3.8, 4) is 11.5 Å². The Hall–Kier alpha value is -4.42. The molecule has 11 nitrogen and oxygen atoms in total. The zero-order chi connectivity index (χ0) is 30.4. The molecule has 5 rings (SSSR count). The molecule has 12 heteroatoms. The number of carbonyl (C=O) groups excluding carboxylic acids is 1. The number of hydrogen-bond acceptors (Lipinski definition) is 9. The summed E-state index contributed by atoms with van der Waals surface area (Å²) < 4.78 is 34.9. The first kappa shape index (κ1) is 30.1. The molecule has 0 saturated heterocycles. The van der Waals surface area contributed by atoms with Crippen molar-refractivity contribution >= 4 is 50.0 Å². The van der Waals surface area contributed by atoms with E-state index in [2.05, 4.69) is 37.1 Å². The van der Waals surface area contributed by atoms with Gasteiger partial charge >= 0.3 is 0 Å². The van der Waals surface area contributed by atoms with Gasteiger partial charge in [-0.15, -0.1) is 0 Å². The molecule has 4 N–H and O–H groups in total. The van der Waals surface area contributed by atoms with Crippen molar-refractivity contribution in [1.29, 1.82) is 0 Å². The van der Waals surface area contributed by atoms with Gasteiger partial charge in [0, 0.05) is 35.6 Å². The summed E-state index contributed by atoms with van der Waals surface area (Å²) in [7, 11) is -2.68. The lowest BCUT2D eigenvalue weighted by Crippen LogP contribution is -2.41. The van der Waals surface area contributed by atoms with Crippen LogP contribution in [0.3, 0.4) is 0 Å². The van der Waals surface area contributed by atoms with E-state index >= 15 is 0 Å². The predicted molar refractivity (Wildman–Crippen MR) is 167 cm³/mol. The molecule has 0 spiro atoms. The van der Waals surface area contributed by atoms with E-state index in [0.717, 1.165) is 19.4 Å². The van der Waals surface area contributed by atoms with E-state index in [4.69, 9.17) is 4.74 Å². The first-order valence-electron chi connectivity index (χ1n) is 14.3. The van der Waals surface area contributed by atoms with Crippen LogP contribution in [0, 0.1) is 0 Å². The number of likely N-dealkylation sites (N-methyl/N-ethyl adjacent to an activating group) is 1. The van der Waals surface area contributed by atoms with Crippen molar-refractivity contribution in [2.24, 2.45) is 0 Å². The zero-order valence-electron chi connectivity index (χ0n) is 24.2. The topological polar surface area (TPSA) is 146 Å². The predicted octanol–water partition coefficient (Wildman–Crippen LogP) is 5.48. The number of carbonyl (C=O) groups is 1. The Morgan fingerprint density at radius 3 is 2.37 bits per heavy atom. The van der Waals surface area contributed by atoms with E-state index in [1.807, 2.05) is 0 Å². The van der Waals surface area contributed by atoms with Crippen LogP contribution in [0.2, 0.25) is 0 Å². The number of sulfonamides is 1. The summed E-state index contributed by atoms with van der Waals surface area (Å²) in [5.74, 6) is 0.252. The highest BCUT2D eigenvalue weighted by atomic mass is 32.2. The Morgan fingerprint density at radius 2 is 1.67 bits per heavy atom. The largest absolute Gasteiger partial charge is 0.508 e. The highest BCUT2D eigenvalue weighted by Gasteiger charge is 2.23. The molecule has 0 aliphatic heterocycles. The maximum atomic E-state index is 13.6. The van der Waals surface area contributed by atoms with Crippen LogP contribution in [-0.2, 0) is 14.8 Å². The summed E-state index contributed by atoms with van der Waals surface area (Å²) in [5, 5.41) is 16.0. The van der Waals surface area contributed by atoms with Crippen LogP contribution >= 0.6 is 0 Å². The van der Waals surface area contributed by atoms with Gasteiger partial charge in [0.15, 0.2) is 11.6 Å². The number of nitrogens with one attached hydrogen (secondary N) is 3. The number of aromatic hydroxyl groups is 1. The number of aromatic nitrogens is 2. The van der Waals surface area contributed by atoms with Gasteiger partial charge in [0.05, 0.1) is 29.6 Å². The van der Waals surface area contributed by atoms with Crippen LogP contribution in [0.5, 0.6) is 11.5 Å². The summed E-state index contributed by atoms with van der Waals surface area (Å²) in [6.45, 7) is 3.07. The molecule has 226 valence electrons. The minimum Gasteiger partial charge on any atom is -0.508 e. The van der Waals surface area contributed by atoms with Crippen molar-refractivity contribution in [2.75, 3.05) is 35.6 Å². The van der Waals surface area contributed by atoms with Crippen LogP contribution in [0.25, 0.3) is 11.0 Å². The number of phenols is 1. The molecule has 4 aromatic rings. The summed E-state index contributed by atoms with van der Waals surface area (Å²) in [5.41, 5.74) is 1.82. The van der Waals surface area contributed by atoms with Gasteiger partial charge in [-0.3, -0.25) is 14.4 Å². The maximum absolute atomic E-state index is 13.6. The molecule has 43 heavy (non-hydrogen) atoms. The van der Waals surface area contributed by atoms with Gasteiger partial charge in [0.25, 0.3) is 10.0 Å². The van der Waals surface area contributed by atoms with Crippen LogP contribution in [-0.4, -0.2) is 60.5 Å². The molecule has 1 heterocycles. The molecular formula is C31H36N6O5S. The number of fused-ring (bicyclic) bond motifs is 1. The number of benzene rings is 3. The molecule has 1 fully saturated rings. The molecule has 1 saturated carbocycles. The van der Waals surface area contributed by atoms with E-state index in [9.17, 15) is 18.3 Å². The monoisotopic (exact) mass is 604 g/mol. The SMILES string of the molecule is CCN(CC(=O)Nc1cccc(S(=O)(=O)Nc2nc3ccccc3nc2Nc2cc(O)cc(OC)c2)c1)C1CCCCC1. The third kappa shape index (κ3) is 7.51. The summed E-state index contributed by atoms with van der Waals surface area (Å²) in [6, 6.07) is 18.1. The smallest absolute Gasteiger partial charge is 0.263 e. The van der Waals surface area contributed by atoms with Gasteiger partial charge in [-0.2, -0.15) is 0 Å². The third-order valence-corrected chi connectivity index (χ3v) is 8.80. The number of methoxy groups -OCH3 is 1. The van der Waals surface area contributed by atoms with E-state index in [1.165, 1.54) is 50.6 Å². The molecule has 1 amide bonds. The van der Waals surface area contributed by atoms with Gasteiger partial charge in [-0.05, 0) is 49.7 Å². The summed E-state index contributed by atoms with van der Waals surface area (Å²) in [6.07, 6.45) is 5.78. The van der Waals surface area contributed by atoms with Crippen molar-refractivity contribution < 1.29 is 23.1 Å². The van der Waals surface area contributed by atoms with Gasteiger partial charge in [-0.1, -0.05) is 44.4 Å². The van der Waals surface area contributed by atoms with Gasteiger partial charge < -0.3 is 20.5 Å². The molecular weight excluding hydrogens is 568 g/mol. The maximum Gasteiger partial charge on any atom is 0.263 e. The fourth-order valence-corrected chi connectivity index (χ4v) is 6.38. The fourth-order valence-electron chi connectivity index (χ4n) is 5.33. The Morgan fingerprint density at radius 1 is 0.953 bits per heavy atom. The fraction of sp³-hybridized carbons (Fsp3) is 0.323. The molecule has 1 aliphatic rings. The Balaban J connectivity index is 1.37. The quantitative estimate of drug-likeness (QED) is 0.175. The van der Waals surface area contributed by atoms with Crippen molar-refractivity contribution in [3.63, 3.8) is 0 Å². The molecule has 0 bridgehead atoms. The van der Waals surface area contributed by atoms with Crippen molar-refractivity contribution in [3.05, 3.63) is 66.7 Å². The first-order chi connectivity index (χ1) is 20.7. The third-order valence-electron chi connectivity index (χ3n) is 7.46. The van der Waals surface area contributed by atoms with E-state index in [0.29, 0.717) is 34.2 Å². The van der Waals surface area contributed by atoms with E-state index in [-0.39, 0.29) is 34.7 Å². The average molecular weight is 605 g/mol. The Bertz CT molecular complexity index is 1710. The number of anilines is 4. The normalized spacial score (nSPS) is 14.0. The van der Waals surface area contributed by atoms with E-state index < -0.39 is 10.0 Å². The Labute approximate surface area is 251 Å². The minimum atomic E-state index is -4.15. The highest BCUT2D eigenvalue weighted by molar-refractivity contribution is 7.92. The van der Waals surface area contributed by atoms with Crippen LogP contribution in [0.4, 0.5) is 23.0 Å². The summed E-state index contributed by atoms with van der Waals surface area (Å²) >= 11 is 0. The average Bonchev–Trinajstić information content (AvgIpc) is 3.00. The van der Waals surface area contributed by atoms with Gasteiger partial charge in [-0.25, -0.2) is 18.4 Å². The molecule has 0 unspecified atom stereocenters. The second-order valence-electron chi connectivity index (χ2n) is 10.5. The number of ether oxygens (including phenoxy) is 1. The first-order valence-corrected chi connectivity index (χ1v) is 15.8. The summed E-state index contributed by atoms with van der Waals surface area (Å²) in [4.78, 5) is 24.2. The van der Waals surface area contributed by atoms with Crippen LogP contribution in [0.15, 0.2) is 71.6 Å². The molecule has 1 aliphatic carbocycles. The van der Waals surface area contributed by atoms with Crippen molar-refractivity contribution in [2.45, 2.75) is 50.0 Å². The number of para-hydroxylation sites is 2. The molecule has 0 atom stereocenters. The zero-order valence-corrected chi connectivity index (χ0v) is 25.0. The second kappa shape index (κ2) is 13.3. The van der Waals surface area contributed by atoms with Crippen LogP contribution in [0.1, 0.15) is 39.0 Å². The number of hydrogen-bond donors (Lipinski definition) is 4. The lowest BCUT2D eigenvalue weighted by atomic mass is 9.94. The number of amides is 1. The molecule has 3 aromatic carbocycles. The molecule has 0 radical (unpaired) electrons. The molecule has 1 aromatic heterocycles. The van der Waals surface area contributed by atoms with Gasteiger partial charge in [0.1, 0.15) is 11.5 Å². The van der Waals surface area contributed by atoms with Gasteiger partial charge in [0.2, 0.25) is 5.91 Å². The minimum absolute atomic E-state index is 0.0403. The van der Waals surface area contributed by atoms with Crippen LogP contribution < -0.4 is 20.1 Å². The van der Waals surface area contributed by atoms with E-state index in [1.54, 1.807) is 42.5 Å².